The molecule has 0 radical (unpaired) electrons. The summed E-state index contributed by atoms with van der Waals surface area (Å²) in [6, 6.07) is 0.505. The van der Waals surface area contributed by atoms with Gasteiger partial charge in [0.1, 0.15) is 0 Å². The number of aromatic nitrogens is 1. The molecule has 0 aromatic carbocycles. The van der Waals surface area contributed by atoms with E-state index in [1.165, 1.54) is 30.7 Å². The van der Waals surface area contributed by atoms with Crippen LogP contribution in [0.2, 0.25) is 0 Å². The molecular weight excluding hydrogens is 228 g/mol. The Balaban J connectivity index is 2.03. The zero-order chi connectivity index (χ0) is 12.1. The van der Waals surface area contributed by atoms with Crippen LogP contribution in [-0.4, -0.2) is 17.6 Å². The maximum atomic E-state index is 4.58. The fraction of sp³-hybridized carbons (Fsp3) is 0.643. The van der Waals surface area contributed by atoms with Crippen molar-refractivity contribution in [2.45, 2.75) is 52.0 Å². The molecule has 0 bridgehead atoms. The van der Waals surface area contributed by atoms with Gasteiger partial charge in [0.05, 0.1) is 5.01 Å². The van der Waals surface area contributed by atoms with E-state index < -0.39 is 0 Å². The first-order chi connectivity index (χ1) is 8.29. The van der Waals surface area contributed by atoms with Crippen molar-refractivity contribution in [2.75, 3.05) is 6.54 Å². The van der Waals surface area contributed by atoms with Crippen LogP contribution in [-0.2, 0) is 6.42 Å². The number of thiazole rings is 1. The van der Waals surface area contributed by atoms with Crippen molar-refractivity contribution < 1.29 is 0 Å². The van der Waals surface area contributed by atoms with E-state index in [0.29, 0.717) is 6.04 Å². The van der Waals surface area contributed by atoms with Crippen molar-refractivity contribution in [3.8, 4) is 0 Å². The molecule has 1 aromatic heterocycles. The molecule has 0 spiro atoms. The molecule has 3 heteroatoms. The minimum Gasteiger partial charge on any atom is -0.310 e. The average Bonchev–Trinajstić information content (AvgIpc) is 2.75. The van der Waals surface area contributed by atoms with Crippen molar-refractivity contribution in [3.63, 3.8) is 0 Å². The Morgan fingerprint density at radius 2 is 2.35 bits per heavy atom. The van der Waals surface area contributed by atoms with Gasteiger partial charge in [-0.1, -0.05) is 18.6 Å². The molecule has 1 unspecified atom stereocenters. The molecule has 2 rings (SSSR count). The highest BCUT2D eigenvalue weighted by Crippen LogP contribution is 2.23. The van der Waals surface area contributed by atoms with Crippen LogP contribution in [0.3, 0.4) is 0 Å². The van der Waals surface area contributed by atoms with Crippen molar-refractivity contribution in [1.82, 2.24) is 10.3 Å². The van der Waals surface area contributed by atoms with Crippen molar-refractivity contribution >= 4 is 11.3 Å². The lowest BCUT2D eigenvalue weighted by Gasteiger charge is -2.23. The molecule has 1 aliphatic rings. The molecule has 1 atom stereocenters. The number of hydrogen-bond donors (Lipinski definition) is 1. The molecule has 0 amide bonds. The zero-order valence-corrected chi connectivity index (χ0v) is 11.6. The summed E-state index contributed by atoms with van der Waals surface area (Å²) in [7, 11) is 0. The van der Waals surface area contributed by atoms with Crippen LogP contribution in [0.1, 0.15) is 43.3 Å². The molecule has 1 heterocycles. The lowest BCUT2D eigenvalue weighted by atomic mass is 9.92. The number of allylic oxidation sites excluding steroid dienone is 1. The van der Waals surface area contributed by atoms with Gasteiger partial charge in [-0.15, -0.1) is 11.3 Å². The standard InChI is InChI=1S/C14H22N2S/c1-3-15-13(12-7-5-4-6-8-12)9-14-16-11(2)10-17-14/h7,10,13,15H,3-6,8-9H2,1-2H3. The second-order valence-electron chi connectivity index (χ2n) is 4.72. The highest BCUT2D eigenvalue weighted by molar-refractivity contribution is 7.09. The van der Waals surface area contributed by atoms with E-state index in [2.05, 4.69) is 35.6 Å². The van der Waals surface area contributed by atoms with Gasteiger partial charge in [0.25, 0.3) is 0 Å². The predicted octanol–water partition coefficient (Wildman–Crippen LogP) is 3.47. The summed E-state index contributed by atoms with van der Waals surface area (Å²) < 4.78 is 0. The average molecular weight is 250 g/mol. The lowest BCUT2D eigenvalue weighted by molar-refractivity contribution is 0.540. The van der Waals surface area contributed by atoms with E-state index in [4.69, 9.17) is 0 Å². The smallest absolute Gasteiger partial charge is 0.0946 e. The van der Waals surface area contributed by atoms with Crippen LogP contribution in [0.4, 0.5) is 0 Å². The Kier molecular flexibility index (Phi) is 4.75. The van der Waals surface area contributed by atoms with Crippen molar-refractivity contribution in [1.29, 1.82) is 0 Å². The number of rotatable bonds is 5. The second-order valence-corrected chi connectivity index (χ2v) is 5.66. The first-order valence-corrected chi connectivity index (χ1v) is 7.51. The normalized spacial score (nSPS) is 17.9. The molecule has 1 N–H and O–H groups in total. The van der Waals surface area contributed by atoms with Crippen LogP contribution >= 0.6 is 11.3 Å². The van der Waals surface area contributed by atoms with Gasteiger partial charge in [0.15, 0.2) is 0 Å². The van der Waals surface area contributed by atoms with Gasteiger partial charge in [-0.05, 0) is 39.2 Å². The molecule has 94 valence electrons. The van der Waals surface area contributed by atoms with E-state index in [-0.39, 0.29) is 0 Å². The number of nitrogens with one attached hydrogen (secondary N) is 1. The van der Waals surface area contributed by atoms with Crippen LogP contribution in [0.25, 0.3) is 0 Å². The monoisotopic (exact) mass is 250 g/mol. The number of hydrogen-bond acceptors (Lipinski definition) is 3. The summed E-state index contributed by atoms with van der Waals surface area (Å²) in [5, 5.41) is 7.02. The third-order valence-electron chi connectivity index (χ3n) is 3.27. The quantitative estimate of drug-likeness (QED) is 0.809. The van der Waals surface area contributed by atoms with Crippen molar-refractivity contribution in [2.24, 2.45) is 0 Å². The lowest BCUT2D eigenvalue weighted by Crippen LogP contribution is -2.33. The Labute approximate surface area is 108 Å². The molecule has 0 saturated carbocycles. The minimum absolute atomic E-state index is 0.505. The molecule has 2 nitrogen and oxygen atoms in total. The Morgan fingerprint density at radius 1 is 1.47 bits per heavy atom. The molecule has 0 fully saturated rings. The molecule has 0 aliphatic heterocycles. The van der Waals surface area contributed by atoms with Crippen LogP contribution in [0.15, 0.2) is 17.0 Å². The van der Waals surface area contributed by atoms with Gasteiger partial charge < -0.3 is 5.32 Å². The molecule has 1 aromatic rings. The van der Waals surface area contributed by atoms with E-state index in [9.17, 15) is 0 Å². The predicted molar refractivity (Wildman–Crippen MR) is 74.6 cm³/mol. The molecule has 0 saturated heterocycles. The summed E-state index contributed by atoms with van der Waals surface area (Å²) in [4.78, 5) is 4.58. The van der Waals surface area contributed by atoms with E-state index in [1.54, 1.807) is 16.9 Å². The van der Waals surface area contributed by atoms with E-state index in [0.717, 1.165) is 18.7 Å². The maximum Gasteiger partial charge on any atom is 0.0946 e. The Hall–Kier alpha value is -0.670. The van der Waals surface area contributed by atoms with Gasteiger partial charge >= 0.3 is 0 Å². The second kappa shape index (κ2) is 6.31. The molecular formula is C14H22N2S. The first-order valence-electron chi connectivity index (χ1n) is 6.63. The zero-order valence-electron chi connectivity index (χ0n) is 10.8. The maximum absolute atomic E-state index is 4.58. The third-order valence-corrected chi connectivity index (χ3v) is 4.26. The Morgan fingerprint density at radius 3 is 2.94 bits per heavy atom. The minimum atomic E-state index is 0.505. The Bertz CT molecular complexity index is 381. The van der Waals surface area contributed by atoms with E-state index >= 15 is 0 Å². The van der Waals surface area contributed by atoms with Gasteiger partial charge in [-0.2, -0.15) is 0 Å². The van der Waals surface area contributed by atoms with Crippen LogP contribution < -0.4 is 5.32 Å². The summed E-state index contributed by atoms with van der Waals surface area (Å²) in [5.74, 6) is 0. The number of aryl methyl sites for hydroxylation is 1. The summed E-state index contributed by atoms with van der Waals surface area (Å²) in [6.45, 7) is 5.29. The highest BCUT2D eigenvalue weighted by atomic mass is 32.1. The van der Waals surface area contributed by atoms with Gasteiger partial charge in [0.2, 0.25) is 0 Å². The topological polar surface area (TPSA) is 24.9 Å². The largest absolute Gasteiger partial charge is 0.310 e. The summed E-state index contributed by atoms with van der Waals surface area (Å²) in [5.41, 5.74) is 2.75. The van der Waals surface area contributed by atoms with Crippen molar-refractivity contribution in [3.05, 3.63) is 27.7 Å². The van der Waals surface area contributed by atoms with Gasteiger partial charge in [-0.25, -0.2) is 4.98 Å². The number of likely N-dealkylation sites (N-methyl/N-ethyl adjacent to an activating group) is 1. The highest BCUT2D eigenvalue weighted by Gasteiger charge is 2.17. The fourth-order valence-corrected chi connectivity index (χ4v) is 3.25. The first kappa shape index (κ1) is 12.8. The molecule has 17 heavy (non-hydrogen) atoms. The summed E-state index contributed by atoms with van der Waals surface area (Å²) >= 11 is 1.79. The van der Waals surface area contributed by atoms with E-state index in [1.807, 2.05) is 0 Å². The van der Waals surface area contributed by atoms with Gasteiger partial charge in [-0.3, -0.25) is 0 Å². The molecule has 1 aliphatic carbocycles. The third kappa shape index (κ3) is 3.65. The number of nitrogens with zero attached hydrogens (tertiary/aromatic N) is 1. The van der Waals surface area contributed by atoms with Gasteiger partial charge in [0, 0.05) is 23.5 Å². The van der Waals surface area contributed by atoms with Crippen LogP contribution in [0, 0.1) is 6.92 Å². The SMILES string of the molecule is CCNC(Cc1nc(C)cs1)C1=CCCCC1. The fourth-order valence-electron chi connectivity index (χ4n) is 2.43. The summed E-state index contributed by atoms with van der Waals surface area (Å²) in [6.07, 6.45) is 8.73. The van der Waals surface area contributed by atoms with Crippen LogP contribution in [0.5, 0.6) is 0 Å².